The minimum absolute atomic E-state index is 0.178. The highest BCUT2D eigenvalue weighted by atomic mass is 32.1. The third-order valence-electron chi connectivity index (χ3n) is 3.65. The average molecular weight is 369 g/mol. The van der Waals surface area contributed by atoms with Crippen LogP contribution in [-0.2, 0) is 11.3 Å². The van der Waals surface area contributed by atoms with Crippen molar-refractivity contribution in [2.75, 3.05) is 18.2 Å². The standard InChI is InChI=1S/C19H19N3O3S/c1-12-10-14(18(20)21-15(12)11-24-2)19(23)22-16-8-9-17(26-16)25-13-6-4-3-5-7-13/h3-10H,11H2,1-2H3,(H2,20,21)(H,22,23). The highest BCUT2D eigenvalue weighted by molar-refractivity contribution is 7.18. The summed E-state index contributed by atoms with van der Waals surface area (Å²) in [5.74, 6) is 0.609. The van der Waals surface area contributed by atoms with Crippen LogP contribution in [0.2, 0.25) is 0 Å². The number of aryl methyl sites for hydroxylation is 1. The van der Waals surface area contributed by atoms with Gasteiger partial charge in [0.15, 0.2) is 5.06 Å². The monoisotopic (exact) mass is 369 g/mol. The molecule has 6 nitrogen and oxygen atoms in total. The molecule has 0 aliphatic rings. The van der Waals surface area contributed by atoms with E-state index in [9.17, 15) is 4.79 Å². The van der Waals surface area contributed by atoms with Gasteiger partial charge in [-0.1, -0.05) is 29.5 Å². The van der Waals surface area contributed by atoms with E-state index >= 15 is 0 Å². The van der Waals surface area contributed by atoms with Crippen LogP contribution >= 0.6 is 11.3 Å². The van der Waals surface area contributed by atoms with Crippen molar-refractivity contribution in [1.82, 2.24) is 4.98 Å². The Morgan fingerprint density at radius 3 is 2.73 bits per heavy atom. The molecule has 0 fully saturated rings. The van der Waals surface area contributed by atoms with Gasteiger partial charge in [-0.25, -0.2) is 4.98 Å². The minimum Gasteiger partial charge on any atom is -0.447 e. The molecule has 3 aromatic rings. The number of hydrogen-bond acceptors (Lipinski definition) is 6. The number of thiophene rings is 1. The number of amides is 1. The number of anilines is 2. The number of hydrogen-bond donors (Lipinski definition) is 2. The molecule has 1 aromatic carbocycles. The van der Waals surface area contributed by atoms with Gasteiger partial charge in [-0.2, -0.15) is 0 Å². The normalized spacial score (nSPS) is 10.5. The smallest absolute Gasteiger partial charge is 0.260 e. The van der Waals surface area contributed by atoms with E-state index in [2.05, 4.69) is 10.3 Å². The van der Waals surface area contributed by atoms with Gasteiger partial charge >= 0.3 is 0 Å². The summed E-state index contributed by atoms with van der Waals surface area (Å²) in [6, 6.07) is 14.8. The Morgan fingerprint density at radius 2 is 2.00 bits per heavy atom. The van der Waals surface area contributed by atoms with Crippen LogP contribution in [0.3, 0.4) is 0 Å². The molecule has 0 saturated carbocycles. The van der Waals surface area contributed by atoms with Crippen molar-refractivity contribution < 1.29 is 14.3 Å². The number of aromatic nitrogens is 1. The summed E-state index contributed by atoms with van der Waals surface area (Å²) in [5, 5.41) is 4.18. The number of rotatable bonds is 6. The highest BCUT2D eigenvalue weighted by Crippen LogP contribution is 2.33. The highest BCUT2D eigenvalue weighted by Gasteiger charge is 2.15. The molecule has 0 aliphatic heterocycles. The first kappa shape index (κ1) is 17.9. The van der Waals surface area contributed by atoms with Gasteiger partial charge in [0, 0.05) is 7.11 Å². The number of benzene rings is 1. The van der Waals surface area contributed by atoms with Crippen LogP contribution < -0.4 is 15.8 Å². The van der Waals surface area contributed by atoms with Gasteiger partial charge in [-0.05, 0) is 42.8 Å². The zero-order chi connectivity index (χ0) is 18.5. The van der Waals surface area contributed by atoms with Crippen LogP contribution in [0.5, 0.6) is 10.8 Å². The topological polar surface area (TPSA) is 86.5 Å². The number of para-hydroxylation sites is 1. The number of nitrogens with two attached hydrogens (primary N) is 1. The fourth-order valence-corrected chi connectivity index (χ4v) is 3.13. The Morgan fingerprint density at radius 1 is 1.23 bits per heavy atom. The quantitative estimate of drug-likeness (QED) is 0.679. The SMILES string of the molecule is COCc1nc(N)c(C(=O)Nc2ccc(Oc3ccccc3)s2)cc1C. The maximum absolute atomic E-state index is 12.5. The lowest BCUT2D eigenvalue weighted by molar-refractivity contribution is 0.102. The number of nitrogens with one attached hydrogen (secondary N) is 1. The summed E-state index contributed by atoms with van der Waals surface area (Å²) in [6.45, 7) is 2.22. The van der Waals surface area contributed by atoms with Gasteiger partial charge in [0.05, 0.1) is 22.9 Å². The second kappa shape index (κ2) is 7.99. The van der Waals surface area contributed by atoms with Gasteiger partial charge in [0.2, 0.25) is 0 Å². The Bertz CT molecular complexity index is 910. The lowest BCUT2D eigenvalue weighted by atomic mass is 10.1. The number of carbonyl (C=O) groups is 1. The van der Waals surface area contributed by atoms with E-state index in [0.29, 0.717) is 22.2 Å². The van der Waals surface area contributed by atoms with Crippen LogP contribution in [-0.4, -0.2) is 18.0 Å². The van der Waals surface area contributed by atoms with Crippen molar-refractivity contribution in [3.05, 3.63) is 65.4 Å². The fraction of sp³-hybridized carbons (Fsp3) is 0.158. The molecular weight excluding hydrogens is 350 g/mol. The Labute approximate surface area is 155 Å². The van der Waals surface area contributed by atoms with Gasteiger partial charge in [0.1, 0.15) is 11.6 Å². The Balaban J connectivity index is 1.71. The third kappa shape index (κ3) is 4.19. The van der Waals surface area contributed by atoms with E-state index < -0.39 is 0 Å². The molecule has 3 N–H and O–H groups in total. The van der Waals surface area contributed by atoms with E-state index in [1.54, 1.807) is 19.2 Å². The number of pyridine rings is 1. The molecule has 2 aromatic heterocycles. The summed E-state index contributed by atoms with van der Waals surface area (Å²) in [4.78, 5) is 16.8. The predicted octanol–water partition coefficient (Wildman–Crippen LogP) is 4.22. The van der Waals surface area contributed by atoms with Crippen molar-refractivity contribution in [2.45, 2.75) is 13.5 Å². The number of methoxy groups -OCH3 is 1. The first-order valence-electron chi connectivity index (χ1n) is 7.96. The number of carbonyl (C=O) groups excluding carboxylic acids is 1. The van der Waals surface area contributed by atoms with Crippen molar-refractivity contribution in [2.24, 2.45) is 0 Å². The van der Waals surface area contributed by atoms with Crippen LogP contribution in [0, 0.1) is 6.92 Å². The summed E-state index contributed by atoms with van der Waals surface area (Å²) in [5.41, 5.74) is 7.84. The van der Waals surface area contributed by atoms with E-state index in [1.165, 1.54) is 11.3 Å². The Kier molecular flexibility index (Phi) is 5.50. The van der Waals surface area contributed by atoms with E-state index in [1.807, 2.05) is 43.3 Å². The minimum atomic E-state index is -0.310. The summed E-state index contributed by atoms with van der Waals surface area (Å²) >= 11 is 1.34. The van der Waals surface area contributed by atoms with Crippen molar-refractivity contribution in [3.63, 3.8) is 0 Å². The lowest BCUT2D eigenvalue weighted by Gasteiger charge is -2.10. The second-order valence-electron chi connectivity index (χ2n) is 5.61. The fourth-order valence-electron chi connectivity index (χ4n) is 2.36. The van der Waals surface area contributed by atoms with Crippen molar-refractivity contribution >= 4 is 28.1 Å². The number of ether oxygens (including phenoxy) is 2. The molecular formula is C19H19N3O3S. The van der Waals surface area contributed by atoms with Gasteiger partial charge in [-0.3, -0.25) is 4.79 Å². The second-order valence-corrected chi connectivity index (χ2v) is 6.65. The molecule has 0 atom stereocenters. The molecule has 0 bridgehead atoms. The molecule has 0 radical (unpaired) electrons. The van der Waals surface area contributed by atoms with Gasteiger partial charge < -0.3 is 20.5 Å². The molecule has 0 spiro atoms. The molecule has 7 heteroatoms. The summed E-state index contributed by atoms with van der Waals surface area (Å²) < 4.78 is 10.8. The maximum atomic E-state index is 12.5. The van der Waals surface area contributed by atoms with Gasteiger partial charge in [-0.15, -0.1) is 0 Å². The Hall–Kier alpha value is -2.90. The van der Waals surface area contributed by atoms with Crippen LogP contribution in [0.15, 0.2) is 48.5 Å². The van der Waals surface area contributed by atoms with Crippen LogP contribution in [0.1, 0.15) is 21.6 Å². The zero-order valence-corrected chi connectivity index (χ0v) is 15.3. The first-order chi connectivity index (χ1) is 12.6. The molecule has 134 valence electrons. The maximum Gasteiger partial charge on any atom is 0.260 e. The van der Waals surface area contributed by atoms with Crippen molar-refractivity contribution in [3.8, 4) is 10.8 Å². The molecule has 1 amide bonds. The molecule has 0 aliphatic carbocycles. The largest absolute Gasteiger partial charge is 0.447 e. The predicted molar refractivity (Wildman–Crippen MR) is 103 cm³/mol. The van der Waals surface area contributed by atoms with Crippen molar-refractivity contribution in [1.29, 1.82) is 0 Å². The molecule has 3 rings (SSSR count). The molecule has 2 heterocycles. The average Bonchev–Trinajstić information content (AvgIpc) is 3.05. The van der Waals surface area contributed by atoms with Crippen LogP contribution in [0.4, 0.5) is 10.8 Å². The summed E-state index contributed by atoms with van der Waals surface area (Å²) in [6.07, 6.45) is 0. The number of nitrogens with zero attached hydrogens (tertiary/aromatic N) is 1. The third-order valence-corrected chi connectivity index (χ3v) is 4.53. The zero-order valence-electron chi connectivity index (χ0n) is 14.5. The first-order valence-corrected chi connectivity index (χ1v) is 8.77. The summed E-state index contributed by atoms with van der Waals surface area (Å²) in [7, 11) is 1.59. The molecule has 26 heavy (non-hydrogen) atoms. The van der Waals surface area contributed by atoms with E-state index in [-0.39, 0.29) is 11.7 Å². The molecule has 0 unspecified atom stereocenters. The number of nitrogen functional groups attached to an aromatic ring is 1. The lowest BCUT2D eigenvalue weighted by Crippen LogP contribution is -2.15. The van der Waals surface area contributed by atoms with E-state index in [0.717, 1.165) is 17.0 Å². The van der Waals surface area contributed by atoms with Gasteiger partial charge in [0.25, 0.3) is 5.91 Å². The van der Waals surface area contributed by atoms with Crippen LogP contribution in [0.25, 0.3) is 0 Å². The van der Waals surface area contributed by atoms with E-state index in [4.69, 9.17) is 15.2 Å². The molecule has 0 saturated heterocycles.